The van der Waals surface area contributed by atoms with Crippen LogP contribution < -0.4 is 11.4 Å². The van der Waals surface area contributed by atoms with Crippen LogP contribution in [0.1, 0.15) is 5.37 Å². The molecule has 1 aliphatic heterocycles. The van der Waals surface area contributed by atoms with Gasteiger partial charge in [-0.25, -0.2) is 9.18 Å². The Hall–Kier alpha value is -1.08. The second-order valence-corrected chi connectivity index (χ2v) is 4.90. The van der Waals surface area contributed by atoms with Crippen molar-refractivity contribution >= 4 is 17.6 Å². The second-order valence-electron chi connectivity index (χ2n) is 3.54. The van der Waals surface area contributed by atoms with Crippen LogP contribution in [-0.4, -0.2) is 32.2 Å². The number of thioether (sulfide) groups is 1. The van der Waals surface area contributed by atoms with Gasteiger partial charge in [-0.05, 0) is 13.0 Å². The Kier molecular flexibility index (Phi) is 2.90. The summed E-state index contributed by atoms with van der Waals surface area (Å²) in [5.41, 5.74) is 4.71. The predicted molar refractivity (Wildman–Crippen MR) is 59.6 cm³/mol. The molecule has 0 amide bonds. The van der Waals surface area contributed by atoms with Crippen LogP contribution in [-0.2, 0) is 0 Å². The van der Waals surface area contributed by atoms with Crippen molar-refractivity contribution in [2.24, 2.45) is 0 Å². The van der Waals surface area contributed by atoms with Gasteiger partial charge in [0.25, 0.3) is 0 Å². The summed E-state index contributed by atoms with van der Waals surface area (Å²) in [5.74, 6) is 0.0892. The van der Waals surface area contributed by atoms with Crippen molar-refractivity contribution in [3.05, 3.63) is 29.7 Å². The summed E-state index contributed by atoms with van der Waals surface area (Å²) in [6.45, 7) is 3.60. The van der Waals surface area contributed by atoms with E-state index in [9.17, 15) is 14.3 Å². The molecule has 0 bridgehead atoms. The summed E-state index contributed by atoms with van der Waals surface area (Å²) in [7, 11) is 0. The van der Waals surface area contributed by atoms with Gasteiger partial charge in [0.2, 0.25) is 0 Å². The first-order valence-electron chi connectivity index (χ1n) is 4.66. The highest BCUT2D eigenvalue weighted by Gasteiger charge is 2.42. The predicted octanol–water partition coefficient (Wildman–Crippen LogP) is -0.0274. The summed E-state index contributed by atoms with van der Waals surface area (Å²) in [6, 6.07) is 1.41. The lowest BCUT2D eigenvalue weighted by molar-refractivity contribution is 0.0824. The van der Waals surface area contributed by atoms with Crippen LogP contribution in [0.25, 0.3) is 0 Å². The molecule has 4 atom stereocenters. The van der Waals surface area contributed by atoms with E-state index in [2.05, 4.69) is 11.9 Å². The van der Waals surface area contributed by atoms with Gasteiger partial charge in [-0.3, -0.25) is 4.57 Å². The van der Waals surface area contributed by atoms with Crippen LogP contribution in [0.4, 0.5) is 10.2 Å². The van der Waals surface area contributed by atoms with Crippen LogP contribution in [0, 0.1) is 6.92 Å². The third-order valence-corrected chi connectivity index (χ3v) is 3.81. The van der Waals surface area contributed by atoms with Gasteiger partial charge in [-0.1, -0.05) is 0 Å². The molecular weight excluding hydrogens is 233 g/mol. The minimum Gasteiger partial charge on any atom is -0.389 e. The number of nitrogens with zero attached hydrogens (tertiary/aromatic N) is 2. The summed E-state index contributed by atoms with van der Waals surface area (Å²) < 4.78 is 14.8. The lowest BCUT2D eigenvalue weighted by Crippen LogP contribution is -2.32. The summed E-state index contributed by atoms with van der Waals surface area (Å²) >= 11 is 1.10. The number of rotatable bonds is 1. The molecule has 0 unspecified atom stereocenters. The zero-order chi connectivity index (χ0) is 11.9. The van der Waals surface area contributed by atoms with Gasteiger partial charge < -0.3 is 10.8 Å². The van der Waals surface area contributed by atoms with Crippen LogP contribution in [0.15, 0.2) is 17.1 Å². The number of hydrogen-bond acceptors (Lipinski definition) is 5. The van der Waals surface area contributed by atoms with E-state index < -0.39 is 28.6 Å². The van der Waals surface area contributed by atoms with Crippen molar-refractivity contribution in [1.29, 1.82) is 0 Å². The van der Waals surface area contributed by atoms with E-state index in [-0.39, 0.29) is 5.82 Å². The molecule has 87 valence electrons. The van der Waals surface area contributed by atoms with Crippen molar-refractivity contribution < 1.29 is 9.50 Å². The number of anilines is 1. The molecule has 7 heteroatoms. The molecule has 0 aromatic carbocycles. The molecule has 1 aromatic heterocycles. The maximum Gasteiger partial charge on any atom is 0.350 e. The third kappa shape index (κ3) is 1.80. The Morgan fingerprint density at radius 2 is 2.38 bits per heavy atom. The van der Waals surface area contributed by atoms with Gasteiger partial charge in [-0.15, -0.1) is 11.8 Å². The van der Waals surface area contributed by atoms with Crippen LogP contribution >= 0.6 is 11.8 Å². The first-order chi connectivity index (χ1) is 7.50. The number of halogens is 1. The van der Waals surface area contributed by atoms with E-state index in [1.54, 1.807) is 0 Å². The van der Waals surface area contributed by atoms with E-state index in [0.29, 0.717) is 0 Å². The van der Waals surface area contributed by atoms with Gasteiger partial charge in [0, 0.05) is 11.4 Å². The zero-order valence-corrected chi connectivity index (χ0v) is 9.10. The van der Waals surface area contributed by atoms with Gasteiger partial charge in [0.1, 0.15) is 17.3 Å². The topological polar surface area (TPSA) is 81.1 Å². The fourth-order valence-electron chi connectivity index (χ4n) is 1.55. The highest BCUT2D eigenvalue weighted by molar-refractivity contribution is 8.00. The van der Waals surface area contributed by atoms with E-state index in [0.717, 1.165) is 16.3 Å². The highest BCUT2D eigenvalue weighted by atomic mass is 32.2. The maximum absolute atomic E-state index is 13.7. The number of hydrogen-bond donors (Lipinski definition) is 2. The van der Waals surface area contributed by atoms with Gasteiger partial charge in [0.15, 0.2) is 6.17 Å². The molecule has 5 nitrogen and oxygen atoms in total. The Labute approximate surface area is 95.5 Å². The number of aromatic nitrogens is 2. The average Bonchev–Trinajstić information content (AvgIpc) is 2.46. The number of nitrogens with two attached hydrogens (primary N) is 1. The van der Waals surface area contributed by atoms with Crippen LogP contribution in [0.5, 0.6) is 0 Å². The van der Waals surface area contributed by atoms with Crippen molar-refractivity contribution in [1.82, 2.24) is 9.55 Å². The monoisotopic (exact) mass is 244 g/mol. The third-order valence-electron chi connectivity index (χ3n) is 2.42. The zero-order valence-electron chi connectivity index (χ0n) is 8.28. The fourth-order valence-corrected chi connectivity index (χ4v) is 2.82. The number of nitrogen functional groups attached to an aromatic ring is 1. The summed E-state index contributed by atoms with van der Waals surface area (Å²) in [5, 5.41) is 8.14. The lowest BCUT2D eigenvalue weighted by Gasteiger charge is -2.15. The van der Waals surface area contributed by atoms with E-state index >= 15 is 0 Å². The molecule has 2 heterocycles. The van der Waals surface area contributed by atoms with Crippen LogP contribution in [0.2, 0.25) is 0 Å². The molecule has 1 fully saturated rings. The van der Waals surface area contributed by atoms with Gasteiger partial charge in [0.05, 0.1) is 0 Å². The smallest absolute Gasteiger partial charge is 0.350 e. The Bertz CT molecular complexity index is 453. The van der Waals surface area contributed by atoms with Crippen molar-refractivity contribution in [3.63, 3.8) is 0 Å². The summed E-state index contributed by atoms with van der Waals surface area (Å²) in [6.07, 6.45) is -1.32. The Morgan fingerprint density at radius 3 is 2.88 bits per heavy atom. The number of aliphatic hydroxyl groups excluding tert-OH is 1. The minimum atomic E-state index is -1.53. The molecule has 1 radical (unpaired) electrons. The SMILES string of the molecule is [CH2][C@H]1S[C@@H](n2ccc(N)nc2=O)[C@@H](F)[C@@H]1O. The fraction of sp³-hybridized carbons (Fsp3) is 0.444. The van der Waals surface area contributed by atoms with Crippen LogP contribution in [0.3, 0.4) is 0 Å². The molecule has 16 heavy (non-hydrogen) atoms. The average molecular weight is 244 g/mol. The quantitative estimate of drug-likeness (QED) is 0.725. The minimum absolute atomic E-state index is 0.0892. The van der Waals surface area contributed by atoms with E-state index in [1.807, 2.05) is 0 Å². The molecule has 3 N–H and O–H groups in total. The Balaban J connectivity index is 2.35. The number of aliphatic hydroxyl groups is 1. The first-order valence-corrected chi connectivity index (χ1v) is 5.60. The molecule has 1 saturated heterocycles. The molecule has 0 saturated carbocycles. The van der Waals surface area contributed by atoms with Crippen molar-refractivity contribution in [2.75, 3.05) is 5.73 Å². The molecule has 1 aliphatic rings. The molecule has 0 spiro atoms. The van der Waals surface area contributed by atoms with Crippen molar-refractivity contribution in [3.8, 4) is 0 Å². The van der Waals surface area contributed by atoms with Gasteiger partial charge >= 0.3 is 5.69 Å². The Morgan fingerprint density at radius 1 is 1.69 bits per heavy atom. The maximum atomic E-state index is 13.7. The van der Waals surface area contributed by atoms with Crippen molar-refractivity contribution in [2.45, 2.75) is 22.9 Å². The van der Waals surface area contributed by atoms with E-state index in [1.165, 1.54) is 12.3 Å². The standard InChI is InChI=1S/C9H11FN3O2S/c1-4-7(14)6(10)8(16-4)13-3-2-5(11)12-9(13)15/h2-4,6-8,14H,1H2,(H2,11,12,15)/t4-,6+,7-,8-/m1/s1. The number of alkyl halides is 1. The first kappa shape index (κ1) is 11.4. The summed E-state index contributed by atoms with van der Waals surface area (Å²) in [4.78, 5) is 15.0. The lowest BCUT2D eigenvalue weighted by atomic mass is 10.2. The second kappa shape index (κ2) is 4.06. The molecule has 0 aliphatic carbocycles. The normalized spacial score (nSPS) is 34.2. The largest absolute Gasteiger partial charge is 0.389 e. The molecule has 1 aromatic rings. The highest BCUT2D eigenvalue weighted by Crippen LogP contribution is 2.42. The van der Waals surface area contributed by atoms with Gasteiger partial charge in [-0.2, -0.15) is 4.98 Å². The van der Waals surface area contributed by atoms with E-state index in [4.69, 9.17) is 5.73 Å². The molecule has 2 rings (SSSR count). The molecular formula is C9H11FN3O2S.